The Bertz CT molecular complexity index is 739. The fourth-order valence-electron chi connectivity index (χ4n) is 3.61. The number of carbonyl (C=O) groups is 1. The minimum absolute atomic E-state index is 0.0252. The molecule has 1 aromatic carbocycles. The second kappa shape index (κ2) is 9.49. The monoisotopic (exact) mass is 366 g/mol. The van der Waals surface area contributed by atoms with E-state index < -0.39 is 0 Å². The van der Waals surface area contributed by atoms with Crippen LogP contribution in [0.3, 0.4) is 0 Å². The average molecular weight is 367 g/mol. The van der Waals surface area contributed by atoms with Gasteiger partial charge < -0.3 is 10.2 Å². The molecule has 2 heterocycles. The highest BCUT2D eigenvalue weighted by Gasteiger charge is 2.25. The zero-order valence-electron chi connectivity index (χ0n) is 16.4. The lowest BCUT2D eigenvalue weighted by Gasteiger charge is -2.32. The van der Waals surface area contributed by atoms with Gasteiger partial charge >= 0.3 is 0 Å². The van der Waals surface area contributed by atoms with E-state index in [9.17, 15) is 4.79 Å². The first kappa shape index (κ1) is 19.3. The molecule has 1 saturated heterocycles. The number of nitrogens with zero attached hydrogens (tertiary/aromatic N) is 3. The van der Waals surface area contributed by atoms with Crippen LogP contribution in [-0.4, -0.2) is 40.4 Å². The number of aromatic nitrogens is 2. The summed E-state index contributed by atoms with van der Waals surface area (Å²) in [7, 11) is 0. The van der Waals surface area contributed by atoms with Crippen LogP contribution in [0.5, 0.6) is 0 Å². The van der Waals surface area contributed by atoms with Crippen LogP contribution in [0.1, 0.15) is 54.5 Å². The molecule has 0 saturated carbocycles. The molecule has 1 aliphatic rings. The molecule has 0 aliphatic carbocycles. The maximum absolute atomic E-state index is 12.9. The second-order valence-corrected chi connectivity index (χ2v) is 7.39. The number of likely N-dealkylation sites (tertiary alicyclic amines) is 1. The third-order valence-corrected chi connectivity index (χ3v) is 5.16. The summed E-state index contributed by atoms with van der Waals surface area (Å²) in [6, 6.07) is 12.4. The number of anilines is 1. The van der Waals surface area contributed by atoms with E-state index in [0.29, 0.717) is 17.4 Å². The number of unbranched alkanes of at least 4 members (excludes halogenated alkanes) is 1. The predicted molar refractivity (Wildman–Crippen MR) is 109 cm³/mol. The molecule has 5 heteroatoms. The van der Waals surface area contributed by atoms with Gasteiger partial charge in [0, 0.05) is 25.7 Å². The van der Waals surface area contributed by atoms with Crippen molar-refractivity contribution in [3.8, 4) is 0 Å². The fraction of sp³-hybridized carbons (Fsp3) is 0.500. The van der Waals surface area contributed by atoms with Crippen LogP contribution in [0.2, 0.25) is 0 Å². The van der Waals surface area contributed by atoms with Crippen molar-refractivity contribution in [2.75, 3.05) is 25.0 Å². The Morgan fingerprint density at radius 3 is 2.63 bits per heavy atom. The molecule has 1 aromatic heterocycles. The summed E-state index contributed by atoms with van der Waals surface area (Å²) in [6.45, 7) is 6.47. The Hall–Kier alpha value is -2.43. The molecule has 3 rings (SSSR count). The van der Waals surface area contributed by atoms with Gasteiger partial charge in [0.2, 0.25) is 0 Å². The average Bonchev–Trinajstić information content (AvgIpc) is 2.69. The van der Waals surface area contributed by atoms with E-state index in [1.165, 1.54) is 5.56 Å². The van der Waals surface area contributed by atoms with Gasteiger partial charge in [0.15, 0.2) is 0 Å². The fourth-order valence-corrected chi connectivity index (χ4v) is 3.61. The zero-order chi connectivity index (χ0) is 19.1. The number of nitrogens with one attached hydrogen (secondary N) is 1. The first-order chi connectivity index (χ1) is 13.2. The highest BCUT2D eigenvalue weighted by Crippen LogP contribution is 2.23. The summed E-state index contributed by atoms with van der Waals surface area (Å²) in [5.41, 5.74) is 1.89. The van der Waals surface area contributed by atoms with E-state index >= 15 is 0 Å². The summed E-state index contributed by atoms with van der Waals surface area (Å²) in [4.78, 5) is 23.6. The first-order valence-electron chi connectivity index (χ1n) is 10.1. The van der Waals surface area contributed by atoms with Crippen molar-refractivity contribution in [2.24, 2.45) is 5.92 Å². The van der Waals surface area contributed by atoms with Gasteiger partial charge in [-0.1, -0.05) is 43.7 Å². The standard InChI is InChI=1S/C22H30N4O/c1-3-4-12-23-21-16-20(24-17(2)25-21)22(27)26-13-10-19(11-14-26)15-18-8-6-5-7-9-18/h5-9,16,19H,3-4,10-15H2,1-2H3,(H,23,24,25). The maximum Gasteiger partial charge on any atom is 0.272 e. The largest absolute Gasteiger partial charge is 0.370 e. The molecule has 0 bridgehead atoms. The minimum Gasteiger partial charge on any atom is -0.370 e. The lowest BCUT2D eigenvalue weighted by atomic mass is 9.90. The van der Waals surface area contributed by atoms with Crippen molar-refractivity contribution in [3.05, 3.63) is 53.5 Å². The van der Waals surface area contributed by atoms with E-state index in [0.717, 1.165) is 57.6 Å². The Morgan fingerprint density at radius 2 is 1.93 bits per heavy atom. The van der Waals surface area contributed by atoms with Gasteiger partial charge in [-0.2, -0.15) is 0 Å². The minimum atomic E-state index is 0.0252. The molecule has 1 aliphatic heterocycles. The highest BCUT2D eigenvalue weighted by atomic mass is 16.2. The second-order valence-electron chi connectivity index (χ2n) is 7.39. The number of hydrogen-bond acceptors (Lipinski definition) is 4. The Kier molecular flexibility index (Phi) is 6.80. The van der Waals surface area contributed by atoms with Crippen molar-refractivity contribution < 1.29 is 4.79 Å². The summed E-state index contributed by atoms with van der Waals surface area (Å²) in [6.07, 6.45) is 5.40. The zero-order valence-corrected chi connectivity index (χ0v) is 16.4. The summed E-state index contributed by atoms with van der Waals surface area (Å²) >= 11 is 0. The van der Waals surface area contributed by atoms with Gasteiger partial charge in [-0.3, -0.25) is 4.79 Å². The van der Waals surface area contributed by atoms with E-state index in [4.69, 9.17) is 0 Å². The summed E-state index contributed by atoms with van der Waals surface area (Å²) in [5.74, 6) is 2.06. The van der Waals surface area contributed by atoms with Crippen LogP contribution in [-0.2, 0) is 6.42 Å². The molecule has 1 fully saturated rings. The van der Waals surface area contributed by atoms with Crippen molar-refractivity contribution in [1.82, 2.24) is 14.9 Å². The van der Waals surface area contributed by atoms with Crippen molar-refractivity contribution in [2.45, 2.75) is 46.0 Å². The van der Waals surface area contributed by atoms with Gasteiger partial charge in [-0.05, 0) is 44.1 Å². The quantitative estimate of drug-likeness (QED) is 0.750. The predicted octanol–water partition coefficient (Wildman–Crippen LogP) is 4.09. The van der Waals surface area contributed by atoms with Crippen molar-refractivity contribution in [3.63, 3.8) is 0 Å². The van der Waals surface area contributed by atoms with Crippen LogP contribution in [0.15, 0.2) is 36.4 Å². The number of rotatable bonds is 7. The molecule has 0 radical (unpaired) electrons. The molecule has 5 nitrogen and oxygen atoms in total. The normalized spacial score (nSPS) is 15.0. The van der Waals surface area contributed by atoms with E-state index in [1.54, 1.807) is 6.07 Å². The van der Waals surface area contributed by atoms with E-state index in [1.807, 2.05) is 11.8 Å². The van der Waals surface area contributed by atoms with Crippen LogP contribution in [0, 0.1) is 12.8 Å². The topological polar surface area (TPSA) is 58.1 Å². The van der Waals surface area contributed by atoms with Gasteiger partial charge in [0.05, 0.1) is 0 Å². The van der Waals surface area contributed by atoms with Gasteiger partial charge in [-0.25, -0.2) is 9.97 Å². The molecular weight excluding hydrogens is 336 g/mol. The number of aryl methyl sites for hydroxylation is 1. The van der Waals surface area contributed by atoms with Crippen LogP contribution >= 0.6 is 0 Å². The summed E-state index contributed by atoms with van der Waals surface area (Å²) in [5, 5.41) is 3.30. The van der Waals surface area contributed by atoms with Crippen LogP contribution in [0.4, 0.5) is 5.82 Å². The van der Waals surface area contributed by atoms with E-state index in [2.05, 4.69) is 52.5 Å². The van der Waals surface area contributed by atoms with Crippen LogP contribution in [0.25, 0.3) is 0 Å². The molecule has 0 atom stereocenters. The smallest absolute Gasteiger partial charge is 0.272 e. The lowest BCUT2D eigenvalue weighted by Crippen LogP contribution is -2.39. The van der Waals surface area contributed by atoms with Crippen molar-refractivity contribution >= 4 is 11.7 Å². The number of amides is 1. The number of carbonyl (C=O) groups excluding carboxylic acids is 1. The molecule has 1 amide bonds. The molecule has 27 heavy (non-hydrogen) atoms. The molecule has 1 N–H and O–H groups in total. The third-order valence-electron chi connectivity index (χ3n) is 5.16. The Labute approximate surface area is 162 Å². The van der Waals surface area contributed by atoms with E-state index in [-0.39, 0.29) is 5.91 Å². The van der Waals surface area contributed by atoms with Gasteiger partial charge in [0.1, 0.15) is 17.3 Å². The summed E-state index contributed by atoms with van der Waals surface area (Å²) < 4.78 is 0. The Morgan fingerprint density at radius 1 is 1.19 bits per heavy atom. The van der Waals surface area contributed by atoms with Gasteiger partial charge in [0.25, 0.3) is 5.91 Å². The molecule has 2 aromatic rings. The van der Waals surface area contributed by atoms with Crippen molar-refractivity contribution in [1.29, 1.82) is 0 Å². The third kappa shape index (κ3) is 5.52. The molecular formula is C22H30N4O. The highest BCUT2D eigenvalue weighted by molar-refractivity contribution is 5.93. The number of hydrogen-bond donors (Lipinski definition) is 1. The lowest BCUT2D eigenvalue weighted by molar-refractivity contribution is 0.0684. The maximum atomic E-state index is 12.9. The Balaban J connectivity index is 1.57. The first-order valence-corrected chi connectivity index (χ1v) is 10.1. The SMILES string of the molecule is CCCCNc1cc(C(=O)N2CCC(Cc3ccccc3)CC2)nc(C)n1. The number of benzene rings is 1. The van der Waals surface area contributed by atoms with Gasteiger partial charge in [-0.15, -0.1) is 0 Å². The molecule has 0 spiro atoms. The number of piperidine rings is 1. The molecule has 144 valence electrons. The molecule has 0 unspecified atom stereocenters. The van der Waals surface area contributed by atoms with Crippen LogP contribution < -0.4 is 5.32 Å².